The van der Waals surface area contributed by atoms with Crippen LogP contribution >= 0.6 is 0 Å². The number of aliphatic hydroxyl groups is 1. The molecule has 0 aliphatic carbocycles. The van der Waals surface area contributed by atoms with Crippen LogP contribution in [0.1, 0.15) is 117 Å². The highest BCUT2D eigenvalue weighted by Crippen LogP contribution is 2.26. The summed E-state index contributed by atoms with van der Waals surface area (Å²) in [5.41, 5.74) is 0. The Labute approximate surface area is 158 Å². The molecule has 1 N–H and O–H groups in total. The van der Waals surface area contributed by atoms with E-state index in [0.29, 0.717) is 6.61 Å². The first-order chi connectivity index (χ1) is 12.3. The molecule has 0 aromatic carbocycles. The third kappa shape index (κ3) is 11.3. The predicted octanol–water partition coefficient (Wildman–Crippen LogP) is 6.56. The van der Waals surface area contributed by atoms with Gasteiger partial charge in [0.15, 0.2) is 0 Å². The minimum absolute atomic E-state index is 0.378. The van der Waals surface area contributed by atoms with E-state index in [0.717, 1.165) is 18.4 Å². The molecule has 1 fully saturated rings. The Bertz CT molecular complexity index is 273. The fourth-order valence-corrected chi connectivity index (χ4v) is 4.44. The summed E-state index contributed by atoms with van der Waals surface area (Å²) in [7, 11) is 0. The molecule has 2 heteroatoms. The molecule has 1 aliphatic heterocycles. The zero-order chi connectivity index (χ0) is 18.2. The molecule has 2 nitrogen and oxygen atoms in total. The maximum atomic E-state index is 9.17. The summed E-state index contributed by atoms with van der Waals surface area (Å²) in [5.74, 6) is 0.778. The number of piperidine rings is 1. The van der Waals surface area contributed by atoms with E-state index in [4.69, 9.17) is 0 Å². The molecule has 0 aromatic rings. The lowest BCUT2D eigenvalue weighted by molar-refractivity contribution is 0.105. The van der Waals surface area contributed by atoms with E-state index in [1.54, 1.807) is 0 Å². The van der Waals surface area contributed by atoms with Crippen LogP contribution in [-0.4, -0.2) is 35.7 Å². The lowest BCUT2D eigenvalue weighted by Crippen LogP contribution is -2.41. The van der Waals surface area contributed by atoms with Gasteiger partial charge in [-0.05, 0) is 51.1 Å². The molecule has 0 spiro atoms. The van der Waals surface area contributed by atoms with Crippen LogP contribution in [0.3, 0.4) is 0 Å². The Morgan fingerprint density at radius 3 is 1.72 bits per heavy atom. The first-order valence-electron chi connectivity index (χ1n) is 11.7. The largest absolute Gasteiger partial charge is 0.396 e. The van der Waals surface area contributed by atoms with Crippen molar-refractivity contribution >= 4 is 0 Å². The van der Waals surface area contributed by atoms with Crippen LogP contribution in [0, 0.1) is 5.92 Å². The van der Waals surface area contributed by atoms with E-state index < -0.39 is 0 Å². The summed E-state index contributed by atoms with van der Waals surface area (Å²) in [6.07, 6.45) is 22.0. The summed E-state index contributed by atoms with van der Waals surface area (Å²) in [5, 5.41) is 9.17. The molecule has 1 heterocycles. The number of hydrogen-bond acceptors (Lipinski definition) is 2. The van der Waals surface area contributed by atoms with Crippen LogP contribution in [0.15, 0.2) is 0 Å². The maximum Gasteiger partial charge on any atom is 0.0433 e. The fraction of sp³-hybridized carbons (Fsp3) is 1.00. The summed E-state index contributed by atoms with van der Waals surface area (Å²) in [6, 6.07) is 0.836. The zero-order valence-electron chi connectivity index (χ0n) is 17.5. The fourth-order valence-electron chi connectivity index (χ4n) is 4.44. The predicted molar refractivity (Wildman–Crippen MR) is 111 cm³/mol. The summed E-state index contributed by atoms with van der Waals surface area (Å²) in [4.78, 5) is 2.81. The van der Waals surface area contributed by atoms with Gasteiger partial charge in [0.2, 0.25) is 0 Å². The topological polar surface area (TPSA) is 23.5 Å². The van der Waals surface area contributed by atoms with Crippen molar-refractivity contribution in [2.24, 2.45) is 5.92 Å². The van der Waals surface area contributed by atoms with Crippen molar-refractivity contribution in [2.75, 3.05) is 19.7 Å². The van der Waals surface area contributed by atoms with E-state index in [2.05, 4.69) is 18.7 Å². The van der Waals surface area contributed by atoms with Gasteiger partial charge in [0.25, 0.3) is 0 Å². The standard InChI is InChI=1S/C23H47NO/c1-3-5-7-9-11-13-15-23(14-12-10-8-6-4-2)24-19-16-22(17-20-24)18-21-25/h22-23,25H,3-21H2,1-2H3. The second kappa shape index (κ2) is 16.1. The number of nitrogens with zero attached hydrogens (tertiary/aromatic N) is 1. The van der Waals surface area contributed by atoms with Gasteiger partial charge in [0.05, 0.1) is 0 Å². The monoisotopic (exact) mass is 353 g/mol. The third-order valence-corrected chi connectivity index (χ3v) is 6.23. The highest BCUT2D eigenvalue weighted by molar-refractivity contribution is 4.79. The van der Waals surface area contributed by atoms with Crippen molar-refractivity contribution in [1.29, 1.82) is 0 Å². The number of aliphatic hydroxyl groups excluding tert-OH is 1. The summed E-state index contributed by atoms with van der Waals surface area (Å²) >= 11 is 0. The number of unbranched alkanes of at least 4 members (excludes halogenated alkanes) is 9. The van der Waals surface area contributed by atoms with Gasteiger partial charge in [-0.25, -0.2) is 0 Å². The molecule has 0 amide bonds. The molecule has 1 saturated heterocycles. The molecule has 1 rings (SSSR count). The van der Waals surface area contributed by atoms with E-state index in [1.165, 1.54) is 109 Å². The molecule has 25 heavy (non-hydrogen) atoms. The average Bonchev–Trinajstić information content (AvgIpc) is 2.63. The lowest BCUT2D eigenvalue weighted by Gasteiger charge is -2.38. The van der Waals surface area contributed by atoms with Gasteiger partial charge in [-0.2, -0.15) is 0 Å². The number of rotatable bonds is 16. The van der Waals surface area contributed by atoms with Crippen molar-refractivity contribution in [3.63, 3.8) is 0 Å². The minimum atomic E-state index is 0.378. The number of likely N-dealkylation sites (tertiary alicyclic amines) is 1. The molecule has 1 atom stereocenters. The van der Waals surface area contributed by atoms with Crippen LogP contribution < -0.4 is 0 Å². The van der Waals surface area contributed by atoms with E-state index in [9.17, 15) is 5.11 Å². The van der Waals surface area contributed by atoms with Gasteiger partial charge in [-0.15, -0.1) is 0 Å². The van der Waals surface area contributed by atoms with Gasteiger partial charge in [-0.1, -0.05) is 84.5 Å². The van der Waals surface area contributed by atoms with E-state index in [-0.39, 0.29) is 0 Å². The molecule has 1 aliphatic rings. The lowest BCUT2D eigenvalue weighted by atomic mass is 9.91. The molecule has 0 radical (unpaired) electrons. The zero-order valence-corrected chi connectivity index (χ0v) is 17.5. The van der Waals surface area contributed by atoms with Crippen LogP contribution in [0.25, 0.3) is 0 Å². The summed E-state index contributed by atoms with van der Waals surface area (Å²) in [6.45, 7) is 7.54. The van der Waals surface area contributed by atoms with Crippen LogP contribution in [-0.2, 0) is 0 Å². The van der Waals surface area contributed by atoms with Gasteiger partial charge in [-0.3, -0.25) is 0 Å². The van der Waals surface area contributed by atoms with Crippen molar-refractivity contribution in [1.82, 2.24) is 4.90 Å². The molecule has 0 aromatic heterocycles. The van der Waals surface area contributed by atoms with Crippen molar-refractivity contribution in [2.45, 2.75) is 123 Å². The molecule has 1 unspecified atom stereocenters. The normalized spacial score (nSPS) is 17.9. The second-order valence-corrected chi connectivity index (χ2v) is 8.40. The minimum Gasteiger partial charge on any atom is -0.396 e. The van der Waals surface area contributed by atoms with Gasteiger partial charge < -0.3 is 10.0 Å². The first kappa shape index (κ1) is 23.0. The summed E-state index contributed by atoms with van der Waals surface area (Å²) < 4.78 is 0. The Kier molecular flexibility index (Phi) is 14.8. The molecule has 0 saturated carbocycles. The Hall–Kier alpha value is -0.0800. The van der Waals surface area contributed by atoms with Crippen LogP contribution in [0.2, 0.25) is 0 Å². The smallest absolute Gasteiger partial charge is 0.0433 e. The van der Waals surface area contributed by atoms with Crippen LogP contribution in [0.5, 0.6) is 0 Å². The highest BCUT2D eigenvalue weighted by Gasteiger charge is 2.24. The van der Waals surface area contributed by atoms with Gasteiger partial charge in [0.1, 0.15) is 0 Å². The van der Waals surface area contributed by atoms with E-state index >= 15 is 0 Å². The van der Waals surface area contributed by atoms with Crippen molar-refractivity contribution < 1.29 is 5.11 Å². The first-order valence-corrected chi connectivity index (χ1v) is 11.7. The number of hydrogen-bond donors (Lipinski definition) is 1. The Morgan fingerprint density at radius 1 is 0.760 bits per heavy atom. The van der Waals surface area contributed by atoms with Crippen molar-refractivity contribution in [3.8, 4) is 0 Å². The van der Waals surface area contributed by atoms with Gasteiger partial charge in [0, 0.05) is 12.6 Å². The van der Waals surface area contributed by atoms with Crippen LogP contribution in [0.4, 0.5) is 0 Å². The molecular formula is C23H47NO. The SMILES string of the molecule is CCCCCCCCC(CCCCCCC)N1CCC(CCO)CC1. The average molecular weight is 354 g/mol. The Balaban J connectivity index is 2.29. The maximum absolute atomic E-state index is 9.17. The highest BCUT2D eigenvalue weighted by atomic mass is 16.3. The molecule has 150 valence electrons. The van der Waals surface area contributed by atoms with Gasteiger partial charge >= 0.3 is 0 Å². The quantitative estimate of drug-likeness (QED) is 0.318. The van der Waals surface area contributed by atoms with Crippen molar-refractivity contribution in [3.05, 3.63) is 0 Å². The molecule has 0 bridgehead atoms. The Morgan fingerprint density at radius 2 is 1.24 bits per heavy atom. The second-order valence-electron chi connectivity index (χ2n) is 8.40. The molecular weight excluding hydrogens is 306 g/mol. The third-order valence-electron chi connectivity index (χ3n) is 6.23. The van der Waals surface area contributed by atoms with E-state index in [1.807, 2.05) is 0 Å².